The summed E-state index contributed by atoms with van der Waals surface area (Å²) in [6.45, 7) is 7.22. The fourth-order valence-electron chi connectivity index (χ4n) is 1.72. The van der Waals surface area contributed by atoms with Gasteiger partial charge in [-0.1, -0.05) is 29.7 Å². The summed E-state index contributed by atoms with van der Waals surface area (Å²) in [5, 5.41) is 10.1. The smallest absolute Gasteiger partial charge is 0.312 e. The van der Waals surface area contributed by atoms with Crippen LogP contribution in [0.4, 0.5) is 0 Å². The highest BCUT2D eigenvalue weighted by atomic mass is 16.5. The van der Waals surface area contributed by atoms with Crippen LogP contribution in [-0.4, -0.2) is 41.6 Å². The third-order valence-electron chi connectivity index (χ3n) is 4.09. The van der Waals surface area contributed by atoms with Gasteiger partial charge in [-0.3, -0.25) is 0 Å². The van der Waals surface area contributed by atoms with E-state index >= 15 is 0 Å². The van der Waals surface area contributed by atoms with Gasteiger partial charge in [-0.25, -0.2) is 9.97 Å². The molecule has 1 aromatic heterocycles. The molecular formula is C16H22B2N2O2. The molecule has 4 nitrogen and oxygen atoms in total. The molecular weight excluding hydrogens is 274 g/mol. The number of aliphatic hydroxyl groups is 1. The molecule has 0 fully saturated rings. The fraction of sp³-hybridized carbons (Fsp3) is 0.375. The van der Waals surface area contributed by atoms with Gasteiger partial charge in [0.05, 0.1) is 11.2 Å². The van der Waals surface area contributed by atoms with Crippen molar-refractivity contribution in [3.63, 3.8) is 0 Å². The van der Waals surface area contributed by atoms with Crippen molar-refractivity contribution in [3.05, 3.63) is 36.7 Å². The fourth-order valence-corrected chi connectivity index (χ4v) is 1.72. The molecule has 0 amide bonds. The van der Waals surface area contributed by atoms with Crippen LogP contribution in [0.25, 0.3) is 11.4 Å². The molecule has 0 aliphatic heterocycles. The van der Waals surface area contributed by atoms with Gasteiger partial charge in [0.15, 0.2) is 5.82 Å². The monoisotopic (exact) mass is 296 g/mol. The first-order chi connectivity index (χ1) is 10.2. The van der Waals surface area contributed by atoms with Gasteiger partial charge in [0.25, 0.3) is 0 Å². The van der Waals surface area contributed by atoms with Crippen molar-refractivity contribution in [2.75, 3.05) is 0 Å². The maximum absolute atomic E-state index is 10.1. The SMILES string of the molecule is Bc1ccc(-c2ncc(BOC(C)(C)C(C)(C)O)cn2)cc1. The molecule has 1 N–H and O–H groups in total. The van der Waals surface area contributed by atoms with E-state index in [4.69, 9.17) is 4.65 Å². The molecule has 0 aliphatic rings. The van der Waals surface area contributed by atoms with Crippen LogP contribution in [0.2, 0.25) is 0 Å². The van der Waals surface area contributed by atoms with Gasteiger partial charge in [-0.05, 0) is 33.2 Å². The van der Waals surface area contributed by atoms with Gasteiger partial charge in [0, 0.05) is 18.0 Å². The number of rotatable bonds is 5. The minimum absolute atomic E-state index is 0.366. The van der Waals surface area contributed by atoms with Crippen LogP contribution in [0.1, 0.15) is 27.7 Å². The first-order valence-electron chi connectivity index (χ1n) is 7.43. The Labute approximate surface area is 133 Å². The quantitative estimate of drug-likeness (QED) is 0.786. The Morgan fingerprint density at radius 3 is 2.09 bits per heavy atom. The standard InChI is InChI=1S/C16H22B2N2O2/c1-15(2,21)16(3,4)22-18-13-9-19-14(20-10-13)11-5-7-12(17)8-6-11/h5-10,18,21H,17H2,1-4H3. The van der Waals surface area contributed by atoms with Gasteiger partial charge >= 0.3 is 7.48 Å². The van der Waals surface area contributed by atoms with Crippen molar-refractivity contribution >= 4 is 26.3 Å². The summed E-state index contributed by atoms with van der Waals surface area (Å²) in [6, 6.07) is 8.11. The minimum atomic E-state index is -0.921. The summed E-state index contributed by atoms with van der Waals surface area (Å²) in [5.74, 6) is 0.700. The van der Waals surface area contributed by atoms with E-state index in [1.165, 1.54) is 5.46 Å². The normalized spacial score (nSPS) is 12.2. The Morgan fingerprint density at radius 2 is 1.59 bits per heavy atom. The lowest BCUT2D eigenvalue weighted by atomic mass is 9.84. The van der Waals surface area contributed by atoms with Gasteiger partial charge in [0.2, 0.25) is 0 Å². The van der Waals surface area contributed by atoms with Crippen molar-refractivity contribution < 1.29 is 9.76 Å². The molecule has 0 spiro atoms. The molecule has 0 saturated carbocycles. The second-order valence-electron chi connectivity index (χ2n) is 6.64. The Hall–Kier alpha value is -1.65. The summed E-state index contributed by atoms with van der Waals surface area (Å²) in [6.07, 6.45) is 3.53. The van der Waals surface area contributed by atoms with E-state index in [1.807, 2.05) is 38.1 Å². The van der Waals surface area contributed by atoms with Gasteiger partial charge < -0.3 is 9.76 Å². The molecule has 114 valence electrons. The van der Waals surface area contributed by atoms with E-state index in [1.54, 1.807) is 26.2 Å². The van der Waals surface area contributed by atoms with Crippen molar-refractivity contribution in [3.8, 4) is 11.4 Å². The first kappa shape index (κ1) is 16.7. The molecule has 0 radical (unpaired) electrons. The van der Waals surface area contributed by atoms with Gasteiger partial charge in [-0.15, -0.1) is 0 Å². The zero-order valence-corrected chi connectivity index (χ0v) is 13.9. The maximum Gasteiger partial charge on any atom is 0.312 e. The van der Waals surface area contributed by atoms with E-state index in [2.05, 4.69) is 17.8 Å². The summed E-state index contributed by atoms with van der Waals surface area (Å²) < 4.78 is 5.81. The first-order valence-corrected chi connectivity index (χ1v) is 7.43. The second-order valence-corrected chi connectivity index (χ2v) is 6.64. The highest BCUT2D eigenvalue weighted by molar-refractivity contribution is 6.46. The highest BCUT2D eigenvalue weighted by Gasteiger charge is 2.35. The highest BCUT2D eigenvalue weighted by Crippen LogP contribution is 2.24. The van der Waals surface area contributed by atoms with E-state index < -0.39 is 11.2 Å². The lowest BCUT2D eigenvalue weighted by Gasteiger charge is -2.37. The van der Waals surface area contributed by atoms with Crippen LogP contribution in [-0.2, 0) is 4.65 Å². The Bertz CT molecular complexity index is 620. The van der Waals surface area contributed by atoms with Crippen LogP contribution in [0, 0.1) is 0 Å². The van der Waals surface area contributed by atoms with Gasteiger partial charge in [-0.2, -0.15) is 0 Å². The van der Waals surface area contributed by atoms with Crippen LogP contribution in [0.15, 0.2) is 36.7 Å². The molecule has 0 saturated heterocycles. The zero-order chi connectivity index (χ0) is 16.4. The summed E-state index contributed by atoms with van der Waals surface area (Å²) in [4.78, 5) is 8.78. The predicted octanol–water partition coefficient (Wildman–Crippen LogP) is -0.0551. The molecule has 0 bridgehead atoms. The van der Waals surface area contributed by atoms with E-state index in [-0.39, 0.29) is 0 Å². The molecule has 0 atom stereocenters. The summed E-state index contributed by atoms with van der Waals surface area (Å²) in [5.41, 5.74) is 1.52. The van der Waals surface area contributed by atoms with Crippen molar-refractivity contribution in [1.82, 2.24) is 9.97 Å². The number of hydrogen-bond acceptors (Lipinski definition) is 4. The Balaban J connectivity index is 2.05. The van der Waals surface area contributed by atoms with Gasteiger partial charge in [0.1, 0.15) is 7.85 Å². The lowest BCUT2D eigenvalue weighted by molar-refractivity contribution is -0.0893. The lowest BCUT2D eigenvalue weighted by Crippen LogP contribution is -2.49. The second kappa shape index (κ2) is 6.23. The Morgan fingerprint density at radius 1 is 1.05 bits per heavy atom. The van der Waals surface area contributed by atoms with E-state index in [9.17, 15) is 5.11 Å². The largest absolute Gasteiger partial charge is 0.427 e. The average Bonchev–Trinajstić information content (AvgIpc) is 2.45. The van der Waals surface area contributed by atoms with Crippen molar-refractivity contribution in [2.24, 2.45) is 0 Å². The zero-order valence-electron chi connectivity index (χ0n) is 13.9. The Kier molecular flexibility index (Phi) is 4.73. The third-order valence-corrected chi connectivity index (χ3v) is 4.09. The van der Waals surface area contributed by atoms with E-state index in [0.29, 0.717) is 13.3 Å². The molecule has 1 heterocycles. The molecule has 0 aliphatic carbocycles. The molecule has 0 unspecified atom stereocenters. The predicted molar refractivity (Wildman–Crippen MR) is 93.9 cm³/mol. The molecule has 2 aromatic rings. The van der Waals surface area contributed by atoms with Crippen molar-refractivity contribution in [2.45, 2.75) is 38.9 Å². The summed E-state index contributed by atoms with van der Waals surface area (Å²) >= 11 is 0. The number of benzene rings is 1. The molecule has 1 aromatic carbocycles. The van der Waals surface area contributed by atoms with Crippen LogP contribution < -0.4 is 10.9 Å². The molecule has 22 heavy (non-hydrogen) atoms. The van der Waals surface area contributed by atoms with Crippen molar-refractivity contribution in [1.29, 1.82) is 0 Å². The van der Waals surface area contributed by atoms with Crippen LogP contribution in [0.5, 0.6) is 0 Å². The number of aromatic nitrogens is 2. The topological polar surface area (TPSA) is 55.2 Å². The van der Waals surface area contributed by atoms with E-state index in [0.717, 1.165) is 11.0 Å². The van der Waals surface area contributed by atoms with Crippen LogP contribution in [0.3, 0.4) is 0 Å². The number of hydrogen-bond donors (Lipinski definition) is 1. The summed E-state index contributed by atoms with van der Waals surface area (Å²) in [7, 11) is 2.42. The number of nitrogens with zero attached hydrogens (tertiary/aromatic N) is 2. The third kappa shape index (κ3) is 3.96. The minimum Gasteiger partial charge on any atom is -0.427 e. The maximum atomic E-state index is 10.1. The molecule has 2 rings (SSSR count). The molecule has 6 heteroatoms. The average molecular weight is 296 g/mol. The van der Waals surface area contributed by atoms with Crippen LogP contribution >= 0.6 is 0 Å².